The molecule has 1 aliphatic heterocycles. The molecule has 1 aliphatic rings. The summed E-state index contributed by atoms with van der Waals surface area (Å²) in [5, 5.41) is 1.60. The van der Waals surface area contributed by atoms with Crippen molar-refractivity contribution >= 4 is 14.0 Å². The molecule has 0 radical (unpaired) electrons. The van der Waals surface area contributed by atoms with Crippen molar-refractivity contribution in [2.24, 2.45) is 0 Å². The van der Waals surface area contributed by atoms with Gasteiger partial charge < -0.3 is 9.47 Å². The Bertz CT molecular complexity index is 311. The van der Waals surface area contributed by atoms with E-state index in [2.05, 4.69) is 37.3 Å². The van der Waals surface area contributed by atoms with Gasteiger partial charge in [-0.3, -0.25) is 0 Å². The lowest BCUT2D eigenvalue weighted by atomic mass is 10.4. The normalized spacial score (nSPS) is 20.2. The van der Waals surface area contributed by atoms with Gasteiger partial charge >= 0.3 is 0 Å². The van der Waals surface area contributed by atoms with Crippen molar-refractivity contribution in [3.63, 3.8) is 0 Å². The van der Waals surface area contributed by atoms with Crippen molar-refractivity contribution in [1.82, 2.24) is 0 Å². The molecule has 3 heteroatoms. The van der Waals surface area contributed by atoms with Crippen LogP contribution in [0.5, 0.6) is 0 Å². The summed E-state index contributed by atoms with van der Waals surface area (Å²) < 4.78 is 10.7. The number of benzene rings is 1. The Balaban J connectivity index is 1.64. The molecule has 0 amide bonds. The van der Waals surface area contributed by atoms with E-state index in [1.54, 1.807) is 5.19 Å². The number of hydrogen-bond acceptors (Lipinski definition) is 2. The van der Waals surface area contributed by atoms with Gasteiger partial charge in [0.1, 0.15) is 6.10 Å². The van der Waals surface area contributed by atoms with Crippen molar-refractivity contribution in [2.45, 2.75) is 31.5 Å². The molecule has 0 bridgehead atoms. The standard InChI is InChI=1S/C14H22O2Si/c1-2-17(14-7-4-3-5-8-14)10-6-9-15-11-13-12-16-13/h3-5,7-8,13,17H,2,6,9-12H2,1H3. The summed E-state index contributed by atoms with van der Waals surface area (Å²) >= 11 is 0. The third-order valence-corrected chi connectivity index (χ3v) is 6.73. The Kier molecular flexibility index (Phi) is 5.23. The largest absolute Gasteiger partial charge is 0.379 e. The van der Waals surface area contributed by atoms with E-state index < -0.39 is 8.80 Å². The molecule has 1 heterocycles. The molecule has 1 fully saturated rings. The molecule has 1 aromatic carbocycles. The molecule has 0 aromatic heterocycles. The molecular weight excluding hydrogens is 228 g/mol. The van der Waals surface area contributed by atoms with Crippen molar-refractivity contribution in [1.29, 1.82) is 0 Å². The summed E-state index contributed by atoms with van der Waals surface area (Å²) in [6.45, 7) is 4.92. The van der Waals surface area contributed by atoms with Gasteiger partial charge in [-0.25, -0.2) is 0 Å². The number of ether oxygens (including phenoxy) is 2. The summed E-state index contributed by atoms with van der Waals surface area (Å²) in [5.74, 6) is 0. The first-order chi connectivity index (χ1) is 8.40. The minimum atomic E-state index is -0.734. The lowest BCUT2D eigenvalue weighted by molar-refractivity contribution is 0.117. The lowest BCUT2D eigenvalue weighted by Crippen LogP contribution is -2.28. The fraction of sp³-hybridized carbons (Fsp3) is 0.571. The first kappa shape index (κ1) is 12.8. The molecule has 1 aromatic rings. The highest BCUT2D eigenvalue weighted by Gasteiger charge is 2.22. The Morgan fingerprint density at radius 1 is 1.35 bits per heavy atom. The first-order valence-corrected chi connectivity index (χ1v) is 8.85. The van der Waals surface area contributed by atoms with Crippen LogP contribution in [0, 0.1) is 0 Å². The van der Waals surface area contributed by atoms with E-state index in [1.807, 2.05) is 0 Å². The third kappa shape index (κ3) is 4.62. The highest BCUT2D eigenvalue weighted by Crippen LogP contribution is 2.09. The maximum Gasteiger partial charge on any atom is 0.104 e. The monoisotopic (exact) mass is 250 g/mol. The van der Waals surface area contributed by atoms with Gasteiger partial charge in [0.2, 0.25) is 0 Å². The van der Waals surface area contributed by atoms with E-state index in [-0.39, 0.29) is 0 Å². The second-order valence-corrected chi connectivity index (χ2v) is 8.14. The molecule has 94 valence electrons. The quantitative estimate of drug-likeness (QED) is 0.399. The predicted octanol–water partition coefficient (Wildman–Crippen LogP) is 1.95. The summed E-state index contributed by atoms with van der Waals surface area (Å²) in [6, 6.07) is 13.7. The Hall–Kier alpha value is -0.643. The number of hydrogen-bond donors (Lipinski definition) is 0. The first-order valence-electron chi connectivity index (χ1n) is 6.64. The maximum absolute atomic E-state index is 5.59. The van der Waals surface area contributed by atoms with Gasteiger partial charge in [0, 0.05) is 6.61 Å². The minimum absolute atomic E-state index is 0.406. The molecule has 2 atom stereocenters. The molecule has 2 nitrogen and oxygen atoms in total. The van der Waals surface area contributed by atoms with E-state index >= 15 is 0 Å². The van der Waals surface area contributed by atoms with E-state index in [0.29, 0.717) is 6.10 Å². The van der Waals surface area contributed by atoms with Crippen LogP contribution in [0.3, 0.4) is 0 Å². The van der Waals surface area contributed by atoms with Gasteiger partial charge in [-0.1, -0.05) is 54.5 Å². The van der Waals surface area contributed by atoms with E-state index in [4.69, 9.17) is 9.47 Å². The fourth-order valence-corrected chi connectivity index (χ4v) is 4.78. The SMILES string of the molecule is CC[SiH](CCCOCC1CO1)c1ccccc1. The molecule has 0 spiro atoms. The zero-order chi connectivity index (χ0) is 11.9. The molecule has 17 heavy (non-hydrogen) atoms. The van der Waals surface area contributed by atoms with Gasteiger partial charge in [-0.15, -0.1) is 0 Å². The van der Waals surface area contributed by atoms with Crippen LogP contribution in [0.2, 0.25) is 12.1 Å². The molecule has 2 unspecified atom stereocenters. The van der Waals surface area contributed by atoms with Gasteiger partial charge in [-0.2, -0.15) is 0 Å². The van der Waals surface area contributed by atoms with Crippen LogP contribution < -0.4 is 5.19 Å². The average molecular weight is 250 g/mol. The minimum Gasteiger partial charge on any atom is -0.379 e. The summed E-state index contributed by atoms with van der Waals surface area (Å²) in [5.41, 5.74) is 0. The van der Waals surface area contributed by atoms with Crippen molar-refractivity contribution in [2.75, 3.05) is 19.8 Å². The van der Waals surface area contributed by atoms with Crippen LogP contribution in [0.1, 0.15) is 13.3 Å². The van der Waals surface area contributed by atoms with Gasteiger partial charge in [0.15, 0.2) is 0 Å². The van der Waals surface area contributed by atoms with E-state index in [9.17, 15) is 0 Å². The summed E-state index contributed by atoms with van der Waals surface area (Å²) in [7, 11) is -0.734. The maximum atomic E-state index is 5.59. The van der Waals surface area contributed by atoms with E-state index in [1.165, 1.54) is 18.5 Å². The Labute approximate surface area is 106 Å². The van der Waals surface area contributed by atoms with Crippen molar-refractivity contribution in [3.05, 3.63) is 30.3 Å². The Morgan fingerprint density at radius 2 is 2.12 bits per heavy atom. The number of epoxide rings is 1. The summed E-state index contributed by atoms with van der Waals surface area (Å²) in [4.78, 5) is 0. The van der Waals surface area contributed by atoms with Crippen LogP contribution in [0.25, 0.3) is 0 Å². The molecule has 0 N–H and O–H groups in total. The molecular formula is C14H22O2Si. The van der Waals surface area contributed by atoms with Crippen LogP contribution in [0.15, 0.2) is 30.3 Å². The predicted molar refractivity (Wildman–Crippen MR) is 73.7 cm³/mol. The zero-order valence-corrected chi connectivity index (χ0v) is 11.8. The van der Waals surface area contributed by atoms with Gasteiger partial charge in [-0.05, 0) is 6.42 Å². The van der Waals surface area contributed by atoms with Gasteiger partial charge in [0.05, 0.1) is 22.0 Å². The van der Waals surface area contributed by atoms with Crippen LogP contribution in [-0.2, 0) is 9.47 Å². The van der Waals surface area contributed by atoms with Crippen molar-refractivity contribution < 1.29 is 9.47 Å². The topological polar surface area (TPSA) is 21.8 Å². The number of rotatable bonds is 8. The van der Waals surface area contributed by atoms with Crippen LogP contribution in [-0.4, -0.2) is 34.7 Å². The molecule has 0 aliphatic carbocycles. The summed E-state index contributed by atoms with van der Waals surface area (Å²) in [6.07, 6.45) is 1.61. The average Bonchev–Trinajstić information content (AvgIpc) is 3.19. The van der Waals surface area contributed by atoms with Crippen molar-refractivity contribution in [3.8, 4) is 0 Å². The fourth-order valence-electron chi connectivity index (χ4n) is 2.14. The molecule has 0 saturated carbocycles. The smallest absolute Gasteiger partial charge is 0.104 e. The van der Waals surface area contributed by atoms with Gasteiger partial charge in [0.25, 0.3) is 0 Å². The van der Waals surface area contributed by atoms with Crippen LogP contribution >= 0.6 is 0 Å². The zero-order valence-electron chi connectivity index (χ0n) is 10.6. The second kappa shape index (κ2) is 6.94. The van der Waals surface area contributed by atoms with Crippen LogP contribution in [0.4, 0.5) is 0 Å². The Morgan fingerprint density at radius 3 is 2.76 bits per heavy atom. The van der Waals surface area contributed by atoms with E-state index in [0.717, 1.165) is 19.8 Å². The third-order valence-electron chi connectivity index (χ3n) is 3.31. The highest BCUT2D eigenvalue weighted by atomic mass is 28.3. The highest BCUT2D eigenvalue weighted by molar-refractivity contribution is 6.73. The molecule has 1 saturated heterocycles. The molecule has 2 rings (SSSR count). The second-order valence-electron chi connectivity index (χ2n) is 4.69. The lowest BCUT2D eigenvalue weighted by Gasteiger charge is -2.13.